The van der Waals surface area contributed by atoms with E-state index in [1.54, 1.807) is 43.0 Å². The number of hydrogen-bond donors (Lipinski definition) is 0. The first-order valence-electron chi connectivity index (χ1n) is 14.5. The fraction of sp³-hybridized carbons (Fsp3) is 0.333. The lowest BCUT2D eigenvalue weighted by molar-refractivity contribution is -0.135. The number of aryl methyl sites for hydroxylation is 1. The summed E-state index contributed by atoms with van der Waals surface area (Å²) in [4.78, 5) is 47.4. The number of benzene rings is 3. The van der Waals surface area contributed by atoms with Gasteiger partial charge in [0, 0.05) is 31.7 Å². The summed E-state index contributed by atoms with van der Waals surface area (Å²) in [6.45, 7) is 7.24. The highest BCUT2D eigenvalue weighted by Crippen LogP contribution is 2.30. The average molecular weight is 623 g/mol. The Kier molecular flexibility index (Phi) is 9.24. The second-order valence-corrected chi connectivity index (χ2v) is 11.1. The third-order valence-electron chi connectivity index (χ3n) is 7.40. The van der Waals surface area contributed by atoms with Crippen molar-refractivity contribution in [3.05, 3.63) is 94.0 Å². The fourth-order valence-corrected chi connectivity index (χ4v) is 5.11. The molecule has 12 heteroatoms. The summed E-state index contributed by atoms with van der Waals surface area (Å²) in [6, 6.07) is 17.4. The summed E-state index contributed by atoms with van der Waals surface area (Å²) in [5, 5.41) is 0.258. The first kappa shape index (κ1) is 31.7. The van der Waals surface area contributed by atoms with Crippen molar-refractivity contribution in [2.45, 2.75) is 39.6 Å². The molecule has 0 spiro atoms. The number of alkyl halides is 3. The van der Waals surface area contributed by atoms with E-state index in [1.807, 2.05) is 36.1 Å². The molecule has 0 atom stereocenters. The van der Waals surface area contributed by atoms with Crippen LogP contribution in [0.1, 0.15) is 35.6 Å². The topological polar surface area (TPSA) is 94.0 Å². The Morgan fingerprint density at radius 2 is 1.64 bits per heavy atom. The number of hydrogen-bond acceptors (Lipinski definition) is 7. The SMILES string of the molecule is Cc1ccc(OCC(=O)N2CCN(Cc3nc4ccccc4c(=O)n3-c3cc(C(=O)C(F)(F)F)ccc3OC(C)C)CC2)cc1. The van der Waals surface area contributed by atoms with Crippen molar-refractivity contribution in [3.8, 4) is 17.2 Å². The Bertz CT molecular complexity index is 1760. The molecule has 0 radical (unpaired) electrons. The smallest absolute Gasteiger partial charge is 0.454 e. The maximum absolute atomic E-state index is 13.9. The van der Waals surface area contributed by atoms with Gasteiger partial charge in [0.15, 0.2) is 6.61 Å². The van der Waals surface area contributed by atoms with E-state index in [2.05, 4.69) is 0 Å². The zero-order valence-corrected chi connectivity index (χ0v) is 25.1. The molecular weight excluding hydrogens is 589 g/mol. The molecule has 2 heterocycles. The molecule has 0 unspecified atom stereocenters. The van der Waals surface area contributed by atoms with Gasteiger partial charge in [0.25, 0.3) is 17.2 Å². The number of ether oxygens (including phenoxy) is 2. The lowest BCUT2D eigenvalue weighted by Crippen LogP contribution is -2.50. The molecule has 9 nitrogen and oxygen atoms in total. The highest BCUT2D eigenvalue weighted by Gasteiger charge is 2.39. The van der Waals surface area contributed by atoms with Gasteiger partial charge in [-0.25, -0.2) is 4.98 Å². The zero-order valence-electron chi connectivity index (χ0n) is 25.1. The second-order valence-electron chi connectivity index (χ2n) is 11.1. The van der Waals surface area contributed by atoms with Crippen molar-refractivity contribution in [3.63, 3.8) is 0 Å². The van der Waals surface area contributed by atoms with E-state index in [0.717, 1.165) is 17.7 Å². The number of Topliss-reactive ketones (excluding diaryl/α,β-unsaturated/α-hetero) is 1. The Labute approximate surface area is 257 Å². The van der Waals surface area contributed by atoms with E-state index in [0.29, 0.717) is 37.4 Å². The Balaban J connectivity index is 1.43. The van der Waals surface area contributed by atoms with Gasteiger partial charge < -0.3 is 14.4 Å². The number of carbonyl (C=O) groups is 2. The molecule has 1 aliphatic heterocycles. The van der Waals surface area contributed by atoms with Crippen LogP contribution in [0.15, 0.2) is 71.5 Å². The van der Waals surface area contributed by atoms with Crippen LogP contribution in [0.3, 0.4) is 0 Å². The van der Waals surface area contributed by atoms with Gasteiger partial charge in [-0.1, -0.05) is 29.8 Å². The highest BCUT2D eigenvalue weighted by molar-refractivity contribution is 6.01. The van der Waals surface area contributed by atoms with Crippen molar-refractivity contribution in [2.75, 3.05) is 32.8 Å². The first-order chi connectivity index (χ1) is 21.4. The lowest BCUT2D eigenvalue weighted by Gasteiger charge is -2.34. The number of piperazine rings is 1. The van der Waals surface area contributed by atoms with Crippen LogP contribution in [-0.2, 0) is 11.3 Å². The molecule has 45 heavy (non-hydrogen) atoms. The number of para-hydroxylation sites is 1. The molecule has 5 rings (SSSR count). The standard InChI is InChI=1S/C33H33F3N4O5/c1-21(2)45-28-13-10-23(31(42)33(34,35)36)18-27(28)40-29(37-26-7-5-4-6-25(26)32(40)43)19-38-14-16-39(17-15-38)30(41)20-44-24-11-8-22(3)9-12-24/h4-13,18,21H,14-17,19-20H2,1-3H3. The van der Waals surface area contributed by atoms with E-state index in [9.17, 15) is 27.6 Å². The number of ketones is 1. The maximum atomic E-state index is 13.9. The van der Waals surface area contributed by atoms with Crippen LogP contribution in [0, 0.1) is 6.92 Å². The van der Waals surface area contributed by atoms with E-state index < -0.39 is 23.1 Å². The van der Waals surface area contributed by atoms with Gasteiger partial charge in [-0.15, -0.1) is 0 Å². The maximum Gasteiger partial charge on any atom is 0.454 e. The van der Waals surface area contributed by atoms with Gasteiger partial charge in [-0.2, -0.15) is 13.2 Å². The molecule has 0 N–H and O–H groups in total. The summed E-state index contributed by atoms with van der Waals surface area (Å²) in [7, 11) is 0. The number of carbonyl (C=O) groups excluding carboxylic acids is 2. The molecule has 1 fully saturated rings. The minimum absolute atomic E-state index is 0.0147. The molecule has 1 amide bonds. The molecule has 236 valence electrons. The van der Waals surface area contributed by atoms with Gasteiger partial charge in [0.1, 0.15) is 17.3 Å². The number of amides is 1. The molecule has 1 aliphatic rings. The summed E-state index contributed by atoms with van der Waals surface area (Å²) in [6.07, 6.45) is -5.48. The highest BCUT2D eigenvalue weighted by atomic mass is 19.4. The van der Waals surface area contributed by atoms with Crippen molar-refractivity contribution in [1.29, 1.82) is 0 Å². The van der Waals surface area contributed by atoms with Crippen molar-refractivity contribution in [2.24, 2.45) is 0 Å². The normalized spacial score (nSPS) is 14.2. The average Bonchev–Trinajstić information content (AvgIpc) is 3.00. The van der Waals surface area contributed by atoms with Crippen LogP contribution in [0.4, 0.5) is 13.2 Å². The van der Waals surface area contributed by atoms with Gasteiger partial charge in [-0.05, 0) is 63.2 Å². The number of halogens is 3. The van der Waals surface area contributed by atoms with Crippen LogP contribution >= 0.6 is 0 Å². The second kappa shape index (κ2) is 13.1. The number of aromatic nitrogens is 2. The van der Waals surface area contributed by atoms with E-state index in [4.69, 9.17) is 14.5 Å². The van der Waals surface area contributed by atoms with Crippen molar-refractivity contribution in [1.82, 2.24) is 19.4 Å². The van der Waals surface area contributed by atoms with Gasteiger partial charge in [0.05, 0.1) is 29.2 Å². The molecule has 0 bridgehead atoms. The monoisotopic (exact) mass is 622 g/mol. The predicted molar refractivity (Wildman–Crippen MR) is 162 cm³/mol. The fourth-order valence-electron chi connectivity index (χ4n) is 5.11. The summed E-state index contributed by atoms with van der Waals surface area (Å²) in [5.74, 6) is -1.19. The number of nitrogens with zero attached hydrogens (tertiary/aromatic N) is 4. The molecule has 3 aromatic carbocycles. The lowest BCUT2D eigenvalue weighted by atomic mass is 10.1. The third kappa shape index (κ3) is 7.34. The predicted octanol–water partition coefficient (Wildman–Crippen LogP) is 4.95. The minimum atomic E-state index is -5.10. The zero-order chi connectivity index (χ0) is 32.3. The van der Waals surface area contributed by atoms with Gasteiger partial charge in [-0.3, -0.25) is 23.9 Å². The summed E-state index contributed by atoms with van der Waals surface area (Å²) in [5.41, 5.74) is 0.355. The Morgan fingerprint density at radius 1 is 0.956 bits per heavy atom. The first-order valence-corrected chi connectivity index (χ1v) is 14.5. The van der Waals surface area contributed by atoms with Crippen LogP contribution in [0.5, 0.6) is 11.5 Å². The Hall–Kier alpha value is -4.71. The third-order valence-corrected chi connectivity index (χ3v) is 7.40. The molecule has 4 aromatic rings. The number of rotatable bonds is 9. The van der Waals surface area contributed by atoms with E-state index in [-0.39, 0.29) is 47.8 Å². The largest absolute Gasteiger partial charge is 0.489 e. The molecule has 0 saturated carbocycles. The summed E-state index contributed by atoms with van der Waals surface area (Å²) < 4.78 is 52.9. The quantitative estimate of drug-likeness (QED) is 0.244. The molecule has 0 aliphatic carbocycles. The van der Waals surface area contributed by atoms with Crippen molar-refractivity contribution < 1.29 is 32.2 Å². The van der Waals surface area contributed by atoms with Gasteiger partial charge >= 0.3 is 6.18 Å². The molecule has 1 saturated heterocycles. The van der Waals surface area contributed by atoms with Crippen LogP contribution in [0.25, 0.3) is 16.6 Å². The minimum Gasteiger partial charge on any atom is -0.489 e. The van der Waals surface area contributed by atoms with Crippen LogP contribution < -0.4 is 15.0 Å². The van der Waals surface area contributed by atoms with E-state index >= 15 is 0 Å². The molecular formula is C33H33F3N4O5. The van der Waals surface area contributed by atoms with E-state index in [1.165, 1.54) is 10.6 Å². The van der Waals surface area contributed by atoms with Gasteiger partial charge in [0.2, 0.25) is 0 Å². The summed E-state index contributed by atoms with van der Waals surface area (Å²) >= 11 is 0. The van der Waals surface area contributed by atoms with Crippen LogP contribution in [0.2, 0.25) is 0 Å². The van der Waals surface area contributed by atoms with Crippen LogP contribution in [-0.4, -0.2) is 76.1 Å². The van der Waals surface area contributed by atoms with Crippen molar-refractivity contribution >= 4 is 22.6 Å². The molecule has 1 aromatic heterocycles. The number of fused-ring (bicyclic) bond motifs is 1. The Morgan fingerprint density at radius 3 is 2.31 bits per heavy atom.